The minimum atomic E-state index is -0.00471. The normalized spacial score (nSPS) is 18.7. The highest BCUT2D eigenvalue weighted by atomic mass is 35.5. The van der Waals surface area contributed by atoms with E-state index < -0.39 is 0 Å². The number of halogens is 1. The van der Waals surface area contributed by atoms with Crippen LogP contribution in [-0.2, 0) is 0 Å². The molecule has 0 atom stereocenters. The highest BCUT2D eigenvalue weighted by Gasteiger charge is 2.19. The molecule has 1 fully saturated rings. The molecule has 2 N–H and O–H groups in total. The van der Waals surface area contributed by atoms with Gasteiger partial charge in [0.15, 0.2) is 5.82 Å². The van der Waals surface area contributed by atoms with Crippen LogP contribution in [0.25, 0.3) is 11.6 Å². The molecule has 4 rings (SSSR count). The van der Waals surface area contributed by atoms with Crippen molar-refractivity contribution in [2.24, 2.45) is 4.99 Å². The number of rotatable bonds is 2. The number of imidazole rings is 1. The summed E-state index contributed by atoms with van der Waals surface area (Å²) in [6, 6.07) is 1.82. The molecule has 2 aromatic rings. The van der Waals surface area contributed by atoms with Crippen LogP contribution < -0.4 is 4.90 Å². The molecule has 2 aliphatic rings. The molecule has 0 aliphatic carbocycles. The zero-order valence-electron chi connectivity index (χ0n) is 12.5. The number of allylic oxidation sites excluding steroid dienone is 1. The minimum Gasteiger partial charge on any atom is -0.492 e. The Bertz CT molecular complexity index is 805. The maximum atomic E-state index is 10.1. The lowest BCUT2D eigenvalue weighted by Crippen LogP contribution is -2.30. The molecule has 0 spiro atoms. The van der Waals surface area contributed by atoms with Crippen LogP contribution in [0.5, 0.6) is 5.88 Å². The molecule has 1 saturated heterocycles. The first-order valence-electron chi connectivity index (χ1n) is 7.66. The molecule has 2 aromatic heterocycles. The number of aromatic hydroxyl groups is 1. The van der Waals surface area contributed by atoms with Crippen LogP contribution in [-0.4, -0.2) is 39.4 Å². The number of nitrogens with zero attached hydrogens (tertiary/aromatic N) is 4. The Morgan fingerprint density at radius 3 is 2.91 bits per heavy atom. The summed E-state index contributed by atoms with van der Waals surface area (Å²) in [5.41, 5.74) is 2.27. The average Bonchev–Trinajstić information content (AvgIpc) is 3.13. The molecule has 0 unspecified atom stereocenters. The van der Waals surface area contributed by atoms with E-state index in [9.17, 15) is 5.11 Å². The lowest BCUT2D eigenvalue weighted by atomic mass is 10.1. The third-order valence-corrected chi connectivity index (χ3v) is 4.33. The summed E-state index contributed by atoms with van der Waals surface area (Å²) >= 11 is 6.01. The van der Waals surface area contributed by atoms with E-state index in [4.69, 9.17) is 11.6 Å². The Morgan fingerprint density at radius 2 is 2.09 bits per heavy atom. The van der Waals surface area contributed by atoms with Gasteiger partial charge in [0.05, 0.1) is 5.02 Å². The number of hydrogen-bond donors (Lipinski definition) is 2. The lowest BCUT2D eigenvalue weighted by molar-refractivity contribution is 0.454. The smallest absolute Gasteiger partial charge is 0.238 e. The fourth-order valence-corrected chi connectivity index (χ4v) is 3.10. The van der Waals surface area contributed by atoms with Crippen molar-refractivity contribution in [3.8, 4) is 5.88 Å². The molecule has 0 saturated carbocycles. The summed E-state index contributed by atoms with van der Waals surface area (Å²) in [7, 11) is 0. The largest absolute Gasteiger partial charge is 0.492 e. The van der Waals surface area contributed by atoms with E-state index in [2.05, 4.69) is 24.8 Å². The first-order valence-corrected chi connectivity index (χ1v) is 8.04. The second-order valence-corrected chi connectivity index (χ2v) is 6.16. The van der Waals surface area contributed by atoms with Gasteiger partial charge in [-0.05, 0) is 31.4 Å². The van der Waals surface area contributed by atoms with Gasteiger partial charge >= 0.3 is 0 Å². The number of H-pyrrole nitrogens is 1. The van der Waals surface area contributed by atoms with Crippen LogP contribution >= 0.6 is 11.6 Å². The van der Waals surface area contributed by atoms with E-state index in [0.29, 0.717) is 22.5 Å². The molecule has 118 valence electrons. The molecule has 7 heteroatoms. The lowest BCUT2D eigenvalue weighted by Gasteiger charge is -2.25. The number of nitrogens with one attached hydrogen (secondary N) is 1. The van der Waals surface area contributed by atoms with Crippen LogP contribution in [0.4, 0.5) is 11.8 Å². The van der Waals surface area contributed by atoms with Crippen LogP contribution in [0.3, 0.4) is 0 Å². The zero-order valence-corrected chi connectivity index (χ0v) is 13.2. The van der Waals surface area contributed by atoms with Gasteiger partial charge < -0.3 is 15.0 Å². The minimum absolute atomic E-state index is 0.00471. The van der Waals surface area contributed by atoms with Crippen LogP contribution in [0.1, 0.15) is 30.5 Å². The van der Waals surface area contributed by atoms with Crippen LogP contribution in [0, 0.1) is 0 Å². The van der Waals surface area contributed by atoms with Crippen molar-refractivity contribution in [2.45, 2.75) is 19.3 Å². The maximum absolute atomic E-state index is 10.1. The molecule has 0 amide bonds. The van der Waals surface area contributed by atoms with E-state index in [1.807, 2.05) is 12.1 Å². The Labute approximate surface area is 138 Å². The van der Waals surface area contributed by atoms with E-state index in [1.165, 1.54) is 6.42 Å². The standard InChI is InChI=1S/C16H16ClN5O/c17-11-7-12-10(8-18-14(12)19-9-11)6-13-15(23)21-16(20-13)22-4-2-1-3-5-22/h6-9,23H,1-5H2,(H,20,21). The average molecular weight is 330 g/mol. The molecule has 0 aromatic carbocycles. The number of aliphatic imine (C=N–C) groups is 1. The fraction of sp³-hybridized carbons (Fsp3) is 0.312. The van der Waals surface area contributed by atoms with Crippen molar-refractivity contribution in [1.82, 2.24) is 15.0 Å². The predicted octanol–water partition coefficient (Wildman–Crippen LogP) is 3.41. The highest BCUT2D eigenvalue weighted by molar-refractivity contribution is 6.31. The summed E-state index contributed by atoms with van der Waals surface area (Å²) in [6.07, 6.45) is 8.67. The Kier molecular flexibility index (Phi) is 3.53. The van der Waals surface area contributed by atoms with Crippen molar-refractivity contribution in [1.29, 1.82) is 0 Å². The van der Waals surface area contributed by atoms with Crippen molar-refractivity contribution in [3.05, 3.63) is 28.5 Å². The molecule has 0 bridgehead atoms. The monoisotopic (exact) mass is 329 g/mol. The van der Waals surface area contributed by atoms with Crippen LogP contribution in [0.15, 0.2) is 17.3 Å². The van der Waals surface area contributed by atoms with Gasteiger partial charge in [-0.2, -0.15) is 4.98 Å². The number of anilines is 1. The third-order valence-electron chi connectivity index (χ3n) is 4.12. The number of pyridine rings is 1. The number of piperidine rings is 1. The van der Waals surface area contributed by atoms with Gasteiger partial charge in [-0.25, -0.2) is 9.98 Å². The Morgan fingerprint density at radius 1 is 1.26 bits per heavy atom. The van der Waals surface area contributed by atoms with Gasteiger partial charge in [0.25, 0.3) is 0 Å². The van der Waals surface area contributed by atoms with Gasteiger partial charge in [-0.1, -0.05) is 11.6 Å². The van der Waals surface area contributed by atoms with E-state index >= 15 is 0 Å². The van der Waals surface area contributed by atoms with E-state index in [-0.39, 0.29) is 5.88 Å². The SMILES string of the molecule is Oc1nc(N2CCCCC2)[nH]c1C=C1C=Nc2ncc(Cl)cc21. The molecule has 2 aliphatic heterocycles. The first-order chi connectivity index (χ1) is 11.2. The first kappa shape index (κ1) is 14.3. The molecule has 4 heterocycles. The highest BCUT2D eigenvalue weighted by Crippen LogP contribution is 2.34. The van der Waals surface area contributed by atoms with Crippen molar-refractivity contribution in [3.63, 3.8) is 0 Å². The molecule has 0 radical (unpaired) electrons. The van der Waals surface area contributed by atoms with Gasteiger partial charge in [-0.3, -0.25) is 0 Å². The van der Waals surface area contributed by atoms with E-state index in [0.717, 1.165) is 37.1 Å². The molecule has 6 nitrogen and oxygen atoms in total. The van der Waals surface area contributed by atoms with E-state index in [1.54, 1.807) is 12.4 Å². The van der Waals surface area contributed by atoms with Gasteiger partial charge in [0.2, 0.25) is 11.8 Å². The molecule has 23 heavy (non-hydrogen) atoms. The third kappa shape index (κ3) is 2.70. The van der Waals surface area contributed by atoms with Crippen molar-refractivity contribution < 1.29 is 5.11 Å². The number of fused-ring (bicyclic) bond motifs is 1. The fourth-order valence-electron chi connectivity index (χ4n) is 2.94. The summed E-state index contributed by atoms with van der Waals surface area (Å²) in [5, 5.41) is 10.7. The second kappa shape index (κ2) is 5.70. The summed E-state index contributed by atoms with van der Waals surface area (Å²) < 4.78 is 0. The summed E-state index contributed by atoms with van der Waals surface area (Å²) in [4.78, 5) is 18.0. The topological polar surface area (TPSA) is 77.4 Å². The number of hydrogen-bond acceptors (Lipinski definition) is 5. The predicted molar refractivity (Wildman–Crippen MR) is 91.6 cm³/mol. The van der Waals surface area contributed by atoms with Gasteiger partial charge in [0, 0.05) is 36.6 Å². The summed E-state index contributed by atoms with van der Waals surface area (Å²) in [6.45, 7) is 1.93. The van der Waals surface area contributed by atoms with Crippen molar-refractivity contribution in [2.75, 3.05) is 18.0 Å². The van der Waals surface area contributed by atoms with Crippen LogP contribution in [0.2, 0.25) is 5.02 Å². The Balaban J connectivity index is 1.66. The Hall–Kier alpha value is -2.34. The van der Waals surface area contributed by atoms with Crippen molar-refractivity contribution >= 4 is 41.2 Å². The zero-order chi connectivity index (χ0) is 15.8. The number of aromatic nitrogens is 3. The second-order valence-electron chi connectivity index (χ2n) is 5.73. The molecular weight excluding hydrogens is 314 g/mol. The maximum Gasteiger partial charge on any atom is 0.238 e. The number of aromatic amines is 1. The molecular formula is C16H16ClN5O. The summed E-state index contributed by atoms with van der Waals surface area (Å²) in [5.74, 6) is 1.35. The van der Waals surface area contributed by atoms with Gasteiger partial charge in [-0.15, -0.1) is 0 Å². The van der Waals surface area contributed by atoms with Gasteiger partial charge in [0.1, 0.15) is 5.69 Å². The quantitative estimate of drug-likeness (QED) is 0.885.